The number of nitrogens with zero attached hydrogens (tertiary/aromatic N) is 1. The second-order valence-electron chi connectivity index (χ2n) is 7.23. The first-order chi connectivity index (χ1) is 15.9. The van der Waals surface area contributed by atoms with Crippen LogP contribution in [0.3, 0.4) is 0 Å². The predicted molar refractivity (Wildman–Crippen MR) is 122 cm³/mol. The maximum Gasteiger partial charge on any atom is 0.300 e. The summed E-state index contributed by atoms with van der Waals surface area (Å²) in [4.78, 5) is 27.6. The van der Waals surface area contributed by atoms with Crippen molar-refractivity contribution in [3.8, 4) is 11.5 Å². The molecule has 1 fully saturated rings. The number of para-hydroxylation sites is 1. The molecule has 0 radical (unpaired) electrons. The van der Waals surface area contributed by atoms with Gasteiger partial charge in [-0.3, -0.25) is 14.5 Å². The number of carbonyl (C=O) groups is 2. The van der Waals surface area contributed by atoms with Crippen LogP contribution in [0.5, 0.6) is 11.5 Å². The van der Waals surface area contributed by atoms with Crippen LogP contribution in [0.2, 0.25) is 5.02 Å². The Morgan fingerprint density at radius 1 is 0.970 bits per heavy atom. The SMILES string of the molecule is COc1ccc(Cl)cc1/C(O)=C1\C(=O)C(=O)N(c2ccc(F)cc2)C1c1ccccc1OC. The van der Waals surface area contributed by atoms with E-state index in [1.54, 1.807) is 36.4 Å². The summed E-state index contributed by atoms with van der Waals surface area (Å²) in [5, 5.41) is 11.6. The van der Waals surface area contributed by atoms with E-state index in [1.165, 1.54) is 49.5 Å². The molecule has 3 aromatic carbocycles. The third kappa shape index (κ3) is 3.91. The molecule has 8 heteroatoms. The lowest BCUT2D eigenvalue weighted by Crippen LogP contribution is -2.29. The topological polar surface area (TPSA) is 76.1 Å². The largest absolute Gasteiger partial charge is 0.507 e. The van der Waals surface area contributed by atoms with Gasteiger partial charge in [0.25, 0.3) is 11.7 Å². The molecule has 0 bridgehead atoms. The number of ketones is 1. The van der Waals surface area contributed by atoms with Crippen LogP contribution in [0.15, 0.2) is 72.3 Å². The van der Waals surface area contributed by atoms with Crippen LogP contribution >= 0.6 is 11.6 Å². The zero-order valence-corrected chi connectivity index (χ0v) is 18.5. The molecule has 168 valence electrons. The van der Waals surface area contributed by atoms with Gasteiger partial charge in [0.05, 0.1) is 31.4 Å². The molecule has 0 aromatic heterocycles. The molecule has 1 atom stereocenters. The number of benzene rings is 3. The van der Waals surface area contributed by atoms with Crippen LogP contribution in [0.25, 0.3) is 5.76 Å². The number of ether oxygens (including phenoxy) is 2. The normalized spacial score (nSPS) is 17.3. The Labute approximate surface area is 194 Å². The third-order valence-corrected chi connectivity index (χ3v) is 5.63. The summed E-state index contributed by atoms with van der Waals surface area (Å²) in [6.07, 6.45) is 0. The van der Waals surface area contributed by atoms with E-state index in [2.05, 4.69) is 0 Å². The number of anilines is 1. The summed E-state index contributed by atoms with van der Waals surface area (Å²) >= 11 is 6.12. The Balaban J connectivity index is 2.02. The van der Waals surface area contributed by atoms with Gasteiger partial charge in [-0.25, -0.2) is 4.39 Å². The number of hydrogen-bond acceptors (Lipinski definition) is 5. The second kappa shape index (κ2) is 8.96. The van der Waals surface area contributed by atoms with Crippen molar-refractivity contribution in [3.63, 3.8) is 0 Å². The number of rotatable bonds is 5. The quantitative estimate of drug-likeness (QED) is 0.320. The lowest BCUT2D eigenvalue weighted by atomic mass is 9.94. The molecule has 1 unspecified atom stereocenters. The molecule has 0 spiro atoms. The van der Waals surface area contributed by atoms with E-state index in [1.807, 2.05) is 0 Å². The lowest BCUT2D eigenvalue weighted by Gasteiger charge is -2.26. The average molecular weight is 468 g/mol. The monoisotopic (exact) mass is 467 g/mol. The summed E-state index contributed by atoms with van der Waals surface area (Å²) in [5.74, 6) is -2.06. The van der Waals surface area contributed by atoms with E-state index in [4.69, 9.17) is 21.1 Å². The van der Waals surface area contributed by atoms with E-state index in [0.717, 1.165) is 0 Å². The van der Waals surface area contributed by atoms with Gasteiger partial charge in [0, 0.05) is 16.3 Å². The first-order valence-corrected chi connectivity index (χ1v) is 10.3. The smallest absolute Gasteiger partial charge is 0.300 e. The van der Waals surface area contributed by atoms with Crippen molar-refractivity contribution in [1.82, 2.24) is 0 Å². The zero-order valence-electron chi connectivity index (χ0n) is 17.7. The highest BCUT2D eigenvalue weighted by molar-refractivity contribution is 6.51. The van der Waals surface area contributed by atoms with Gasteiger partial charge < -0.3 is 14.6 Å². The van der Waals surface area contributed by atoms with Gasteiger partial charge in [-0.05, 0) is 48.5 Å². The number of aliphatic hydroxyl groups excluding tert-OH is 1. The Kier molecular flexibility index (Phi) is 6.07. The number of hydrogen-bond donors (Lipinski definition) is 1. The predicted octanol–water partition coefficient (Wildman–Crippen LogP) is 5.12. The fourth-order valence-corrected chi connectivity index (χ4v) is 4.07. The molecule has 0 saturated carbocycles. The summed E-state index contributed by atoms with van der Waals surface area (Å²) in [6.45, 7) is 0. The highest BCUT2D eigenvalue weighted by Gasteiger charge is 2.48. The van der Waals surface area contributed by atoms with E-state index in [-0.39, 0.29) is 22.6 Å². The Morgan fingerprint density at radius 2 is 1.64 bits per heavy atom. The van der Waals surface area contributed by atoms with Gasteiger partial charge in [-0.1, -0.05) is 29.8 Å². The molecule has 1 N–H and O–H groups in total. The highest BCUT2D eigenvalue weighted by Crippen LogP contribution is 2.45. The standard InChI is InChI=1S/C25H19ClFNO5/c1-32-19-6-4-3-5-17(19)22-21(23(29)18-13-14(26)7-12-20(18)33-2)24(30)25(31)28(22)16-10-8-15(27)9-11-16/h3-13,22,29H,1-2H3/b23-21+. The minimum atomic E-state index is -1.05. The Hall–Kier alpha value is -3.84. The molecule has 1 aliphatic rings. The molecule has 1 saturated heterocycles. The lowest BCUT2D eigenvalue weighted by molar-refractivity contribution is -0.132. The van der Waals surface area contributed by atoms with E-state index < -0.39 is 29.3 Å². The van der Waals surface area contributed by atoms with E-state index in [9.17, 15) is 19.1 Å². The van der Waals surface area contributed by atoms with Gasteiger partial charge in [0.1, 0.15) is 23.1 Å². The summed E-state index contributed by atoms with van der Waals surface area (Å²) in [6, 6.07) is 15.5. The molecular weight excluding hydrogens is 449 g/mol. The fraction of sp³-hybridized carbons (Fsp3) is 0.120. The van der Waals surface area contributed by atoms with Gasteiger partial charge in [0.15, 0.2) is 0 Å². The first kappa shape index (κ1) is 22.4. The van der Waals surface area contributed by atoms with Crippen molar-refractivity contribution >= 4 is 34.7 Å². The third-order valence-electron chi connectivity index (χ3n) is 5.40. The average Bonchev–Trinajstić information content (AvgIpc) is 3.09. The van der Waals surface area contributed by atoms with Crippen molar-refractivity contribution in [2.24, 2.45) is 0 Å². The Morgan fingerprint density at radius 3 is 2.30 bits per heavy atom. The number of methoxy groups -OCH3 is 2. The van der Waals surface area contributed by atoms with Crippen molar-refractivity contribution in [2.75, 3.05) is 19.1 Å². The van der Waals surface area contributed by atoms with Crippen LogP contribution in [-0.2, 0) is 9.59 Å². The minimum Gasteiger partial charge on any atom is -0.507 e. The summed E-state index contributed by atoms with van der Waals surface area (Å²) < 4.78 is 24.4. The second-order valence-corrected chi connectivity index (χ2v) is 7.67. The number of amides is 1. The van der Waals surface area contributed by atoms with E-state index in [0.29, 0.717) is 16.3 Å². The van der Waals surface area contributed by atoms with Gasteiger partial charge in [-0.2, -0.15) is 0 Å². The van der Waals surface area contributed by atoms with Gasteiger partial charge in [0.2, 0.25) is 0 Å². The molecule has 4 rings (SSSR count). The molecule has 6 nitrogen and oxygen atoms in total. The van der Waals surface area contributed by atoms with Crippen LogP contribution in [0.4, 0.5) is 10.1 Å². The maximum atomic E-state index is 13.6. The van der Waals surface area contributed by atoms with Crippen LogP contribution in [0.1, 0.15) is 17.2 Å². The molecular formula is C25H19ClFNO5. The number of carbonyl (C=O) groups excluding carboxylic acids is 2. The van der Waals surface area contributed by atoms with Crippen molar-refractivity contribution in [3.05, 3.63) is 94.3 Å². The molecule has 3 aromatic rings. The molecule has 1 aliphatic heterocycles. The first-order valence-electron chi connectivity index (χ1n) is 9.90. The molecule has 1 amide bonds. The summed E-state index contributed by atoms with van der Waals surface area (Å²) in [5.41, 5.74) is 0.731. The van der Waals surface area contributed by atoms with Gasteiger partial charge in [-0.15, -0.1) is 0 Å². The van der Waals surface area contributed by atoms with Crippen molar-refractivity contribution in [1.29, 1.82) is 0 Å². The molecule has 33 heavy (non-hydrogen) atoms. The zero-order chi connectivity index (χ0) is 23.7. The van der Waals surface area contributed by atoms with E-state index >= 15 is 0 Å². The fourth-order valence-electron chi connectivity index (χ4n) is 3.90. The molecule has 1 heterocycles. The van der Waals surface area contributed by atoms with Crippen LogP contribution < -0.4 is 14.4 Å². The number of Topliss-reactive ketones (excluding diaryl/α,β-unsaturated/α-hetero) is 1. The summed E-state index contributed by atoms with van der Waals surface area (Å²) in [7, 11) is 2.87. The van der Waals surface area contributed by atoms with Crippen LogP contribution in [-0.4, -0.2) is 31.0 Å². The van der Waals surface area contributed by atoms with Crippen LogP contribution in [0, 0.1) is 5.82 Å². The molecule has 0 aliphatic carbocycles. The van der Waals surface area contributed by atoms with Crippen molar-refractivity contribution in [2.45, 2.75) is 6.04 Å². The Bertz CT molecular complexity index is 1270. The van der Waals surface area contributed by atoms with Gasteiger partial charge >= 0.3 is 0 Å². The number of aliphatic hydroxyl groups is 1. The van der Waals surface area contributed by atoms with Crippen molar-refractivity contribution < 1.29 is 28.6 Å². The minimum absolute atomic E-state index is 0.155. The maximum absolute atomic E-state index is 13.6. The highest BCUT2D eigenvalue weighted by atomic mass is 35.5. The number of halogens is 2.